The number of hydrogen-bond acceptors (Lipinski definition) is 2. The van der Waals surface area contributed by atoms with Gasteiger partial charge in [-0.1, -0.05) is 20.8 Å². The van der Waals surface area contributed by atoms with E-state index in [1.165, 1.54) is 30.6 Å². The van der Waals surface area contributed by atoms with Crippen molar-refractivity contribution in [2.75, 3.05) is 5.32 Å². The van der Waals surface area contributed by atoms with Gasteiger partial charge in [-0.05, 0) is 44.4 Å². The maximum Gasteiger partial charge on any atom is 0.0827 e. The minimum atomic E-state index is 0.458. The largest absolute Gasteiger partial charge is 0.379 e. The quantitative estimate of drug-likeness (QED) is 0.867. The van der Waals surface area contributed by atoms with E-state index in [1.54, 1.807) is 0 Å². The third-order valence-corrected chi connectivity index (χ3v) is 4.24. The topological polar surface area (TPSA) is 29.9 Å². The summed E-state index contributed by atoms with van der Waals surface area (Å²) in [5.74, 6) is 0.809. The van der Waals surface area contributed by atoms with Crippen molar-refractivity contribution in [3.63, 3.8) is 0 Å². The van der Waals surface area contributed by atoms with Gasteiger partial charge < -0.3 is 5.32 Å². The van der Waals surface area contributed by atoms with E-state index in [0.29, 0.717) is 11.5 Å². The van der Waals surface area contributed by atoms with E-state index in [1.807, 2.05) is 11.7 Å². The maximum atomic E-state index is 4.49. The summed E-state index contributed by atoms with van der Waals surface area (Å²) < 4.78 is 1.97. The Morgan fingerprint density at radius 2 is 1.94 bits per heavy atom. The lowest BCUT2D eigenvalue weighted by Crippen LogP contribution is -2.35. The second kappa shape index (κ2) is 4.60. The highest BCUT2D eigenvalue weighted by Gasteiger charge is 2.32. The third-order valence-electron chi connectivity index (χ3n) is 4.24. The zero-order valence-corrected chi connectivity index (χ0v) is 12.7. The summed E-state index contributed by atoms with van der Waals surface area (Å²) in [6.45, 7) is 11.4. The Labute approximate surface area is 111 Å². The van der Waals surface area contributed by atoms with Crippen LogP contribution in [-0.4, -0.2) is 15.8 Å². The smallest absolute Gasteiger partial charge is 0.0827 e. The van der Waals surface area contributed by atoms with Crippen molar-refractivity contribution < 1.29 is 0 Å². The van der Waals surface area contributed by atoms with Crippen LogP contribution in [0.2, 0.25) is 0 Å². The van der Waals surface area contributed by atoms with Crippen LogP contribution in [0.15, 0.2) is 0 Å². The van der Waals surface area contributed by atoms with Crippen molar-refractivity contribution in [2.24, 2.45) is 18.4 Å². The number of rotatable bonds is 2. The van der Waals surface area contributed by atoms with E-state index < -0.39 is 0 Å². The van der Waals surface area contributed by atoms with E-state index in [4.69, 9.17) is 0 Å². The Morgan fingerprint density at radius 1 is 1.28 bits per heavy atom. The molecule has 1 N–H and O–H groups in total. The molecule has 1 aliphatic carbocycles. The zero-order chi connectivity index (χ0) is 13.5. The zero-order valence-electron chi connectivity index (χ0n) is 12.7. The summed E-state index contributed by atoms with van der Waals surface area (Å²) in [7, 11) is 2.01. The van der Waals surface area contributed by atoms with Gasteiger partial charge in [-0.2, -0.15) is 5.10 Å². The molecule has 0 amide bonds. The van der Waals surface area contributed by atoms with Gasteiger partial charge in [0.1, 0.15) is 0 Å². The molecule has 0 saturated heterocycles. The molecule has 1 aliphatic rings. The van der Waals surface area contributed by atoms with Gasteiger partial charge in [0.15, 0.2) is 0 Å². The van der Waals surface area contributed by atoms with Crippen LogP contribution in [0.5, 0.6) is 0 Å². The molecule has 1 saturated carbocycles. The molecule has 18 heavy (non-hydrogen) atoms. The summed E-state index contributed by atoms with van der Waals surface area (Å²) in [6.07, 6.45) is 3.87. The van der Waals surface area contributed by atoms with E-state index in [9.17, 15) is 0 Å². The summed E-state index contributed by atoms with van der Waals surface area (Å²) in [5.41, 5.74) is 4.06. The molecule has 0 aromatic carbocycles. The molecule has 1 aromatic heterocycles. The van der Waals surface area contributed by atoms with E-state index in [0.717, 1.165) is 11.6 Å². The Morgan fingerprint density at radius 3 is 2.44 bits per heavy atom. The van der Waals surface area contributed by atoms with Crippen LogP contribution in [0.1, 0.15) is 51.4 Å². The number of hydrogen-bond donors (Lipinski definition) is 1. The first-order valence-corrected chi connectivity index (χ1v) is 7.05. The van der Waals surface area contributed by atoms with E-state index in [2.05, 4.69) is 45.0 Å². The first kappa shape index (κ1) is 13.4. The minimum absolute atomic E-state index is 0.458. The van der Waals surface area contributed by atoms with Crippen molar-refractivity contribution in [3.05, 3.63) is 11.4 Å². The van der Waals surface area contributed by atoms with E-state index >= 15 is 0 Å². The summed E-state index contributed by atoms with van der Waals surface area (Å²) in [4.78, 5) is 0. The van der Waals surface area contributed by atoms with Crippen molar-refractivity contribution >= 4 is 5.69 Å². The van der Waals surface area contributed by atoms with Crippen LogP contribution in [0.4, 0.5) is 5.69 Å². The van der Waals surface area contributed by atoms with Crippen molar-refractivity contribution in [1.29, 1.82) is 0 Å². The van der Waals surface area contributed by atoms with Gasteiger partial charge in [0.25, 0.3) is 0 Å². The minimum Gasteiger partial charge on any atom is -0.379 e. The highest BCUT2D eigenvalue weighted by Crippen LogP contribution is 2.40. The molecular weight excluding hydrogens is 222 g/mol. The van der Waals surface area contributed by atoms with Crippen LogP contribution in [-0.2, 0) is 7.05 Å². The molecule has 1 aromatic rings. The number of anilines is 1. The number of aryl methyl sites for hydroxylation is 2. The fourth-order valence-corrected chi connectivity index (χ4v) is 3.64. The molecule has 1 fully saturated rings. The number of aromatic nitrogens is 2. The lowest BCUT2D eigenvalue weighted by Gasteiger charge is -2.39. The van der Waals surface area contributed by atoms with Crippen LogP contribution in [0.3, 0.4) is 0 Å². The average Bonchev–Trinajstić information content (AvgIpc) is 2.42. The Hall–Kier alpha value is -0.990. The lowest BCUT2D eigenvalue weighted by molar-refractivity contribution is 0.178. The van der Waals surface area contributed by atoms with Gasteiger partial charge in [-0.3, -0.25) is 4.68 Å². The Kier molecular flexibility index (Phi) is 3.43. The second-order valence-electron chi connectivity index (χ2n) is 6.92. The highest BCUT2D eigenvalue weighted by molar-refractivity contribution is 5.52. The molecule has 2 rings (SSSR count). The summed E-state index contributed by atoms with van der Waals surface area (Å²) >= 11 is 0. The van der Waals surface area contributed by atoms with Gasteiger partial charge in [-0.15, -0.1) is 0 Å². The third kappa shape index (κ3) is 2.70. The second-order valence-corrected chi connectivity index (χ2v) is 6.92. The van der Waals surface area contributed by atoms with Crippen molar-refractivity contribution in [2.45, 2.75) is 59.9 Å². The Bertz CT molecular complexity index is 431. The van der Waals surface area contributed by atoms with Gasteiger partial charge in [0, 0.05) is 13.1 Å². The summed E-state index contributed by atoms with van der Waals surface area (Å²) in [5, 5.41) is 8.23. The summed E-state index contributed by atoms with van der Waals surface area (Å²) in [6, 6.07) is 0.588. The predicted molar refractivity (Wildman–Crippen MR) is 76.9 cm³/mol. The first-order valence-electron chi connectivity index (χ1n) is 7.05. The van der Waals surface area contributed by atoms with Crippen molar-refractivity contribution in [3.8, 4) is 0 Å². The first-order chi connectivity index (χ1) is 8.28. The standard InChI is InChI=1S/C15H27N3/c1-10-7-13(9-15(4,5)8-10)16-14-11(2)17-18(6)12(14)3/h10,13,16H,7-9H2,1-6H3. The van der Waals surface area contributed by atoms with Crippen LogP contribution in [0.25, 0.3) is 0 Å². The SMILES string of the molecule is Cc1nn(C)c(C)c1NC1CC(C)CC(C)(C)C1. The fraction of sp³-hybridized carbons (Fsp3) is 0.800. The molecule has 3 nitrogen and oxygen atoms in total. The molecule has 0 bridgehead atoms. The molecule has 0 aliphatic heterocycles. The molecule has 0 spiro atoms. The van der Waals surface area contributed by atoms with Crippen LogP contribution in [0, 0.1) is 25.2 Å². The van der Waals surface area contributed by atoms with Crippen LogP contribution < -0.4 is 5.32 Å². The monoisotopic (exact) mass is 249 g/mol. The normalized spacial score (nSPS) is 27.2. The number of nitrogens with one attached hydrogen (secondary N) is 1. The van der Waals surface area contributed by atoms with E-state index in [-0.39, 0.29) is 0 Å². The Balaban J connectivity index is 2.14. The fourth-order valence-electron chi connectivity index (χ4n) is 3.64. The molecule has 102 valence electrons. The van der Waals surface area contributed by atoms with Crippen molar-refractivity contribution in [1.82, 2.24) is 9.78 Å². The van der Waals surface area contributed by atoms with Gasteiger partial charge in [0.05, 0.1) is 17.1 Å². The lowest BCUT2D eigenvalue weighted by atomic mass is 9.70. The molecule has 0 radical (unpaired) electrons. The molecular formula is C15H27N3. The number of nitrogens with zero attached hydrogens (tertiary/aromatic N) is 2. The van der Waals surface area contributed by atoms with Gasteiger partial charge >= 0.3 is 0 Å². The highest BCUT2D eigenvalue weighted by atomic mass is 15.3. The predicted octanol–water partition coefficient (Wildman–Crippen LogP) is 3.66. The maximum absolute atomic E-state index is 4.49. The molecule has 3 heteroatoms. The average molecular weight is 249 g/mol. The molecule has 1 heterocycles. The molecule has 2 atom stereocenters. The van der Waals surface area contributed by atoms with Gasteiger partial charge in [0.2, 0.25) is 0 Å². The van der Waals surface area contributed by atoms with Crippen LogP contribution >= 0.6 is 0 Å². The molecule has 2 unspecified atom stereocenters. The van der Waals surface area contributed by atoms with Gasteiger partial charge in [-0.25, -0.2) is 0 Å².